The van der Waals surface area contributed by atoms with Crippen molar-refractivity contribution in [3.05, 3.63) is 20.3 Å². The van der Waals surface area contributed by atoms with Gasteiger partial charge in [0.25, 0.3) is 0 Å². The van der Waals surface area contributed by atoms with Gasteiger partial charge >= 0.3 is 5.97 Å². The lowest BCUT2D eigenvalue weighted by atomic mass is 9.90. The molecule has 3 atom stereocenters. The van der Waals surface area contributed by atoms with E-state index in [0.29, 0.717) is 0 Å². The van der Waals surface area contributed by atoms with Gasteiger partial charge in [-0.1, -0.05) is 28.7 Å². The second-order valence-corrected chi connectivity index (χ2v) is 8.58. The van der Waals surface area contributed by atoms with E-state index < -0.39 is 15.5 Å². The van der Waals surface area contributed by atoms with E-state index in [4.69, 9.17) is 9.73 Å². The number of rotatable bonds is 2. The Balaban J connectivity index is 2.15. The number of hydrogen-bond acceptors (Lipinski definition) is 5. The number of ether oxygens (including phenoxy) is 1. The SMILES string of the molecule is COC(=O)C(O)C1(I)C=c2c3c(sc2=NC1C)CCCC3. The van der Waals surface area contributed by atoms with Crippen LogP contribution in [0, 0.1) is 0 Å². The van der Waals surface area contributed by atoms with Crippen molar-refractivity contribution in [2.24, 2.45) is 4.99 Å². The van der Waals surface area contributed by atoms with E-state index in [1.165, 1.54) is 30.4 Å². The Labute approximate surface area is 141 Å². The van der Waals surface area contributed by atoms with E-state index in [1.807, 2.05) is 13.0 Å². The van der Waals surface area contributed by atoms with Gasteiger partial charge in [0.2, 0.25) is 0 Å². The summed E-state index contributed by atoms with van der Waals surface area (Å²) in [7, 11) is 1.30. The van der Waals surface area contributed by atoms with E-state index in [9.17, 15) is 9.90 Å². The maximum Gasteiger partial charge on any atom is 0.336 e. The molecule has 0 radical (unpaired) electrons. The Bertz CT molecular complexity index is 699. The Morgan fingerprint density at radius 2 is 2.29 bits per heavy atom. The number of esters is 1. The number of halogens is 1. The number of fused-ring (bicyclic) bond motifs is 3. The summed E-state index contributed by atoms with van der Waals surface area (Å²) in [6.45, 7) is 1.94. The van der Waals surface area contributed by atoms with Crippen LogP contribution in [0.1, 0.15) is 30.2 Å². The maximum absolute atomic E-state index is 11.8. The number of aliphatic hydroxyl groups excluding tert-OH is 1. The van der Waals surface area contributed by atoms with Crippen LogP contribution in [-0.2, 0) is 22.4 Å². The van der Waals surface area contributed by atoms with Crippen LogP contribution in [0.2, 0.25) is 0 Å². The van der Waals surface area contributed by atoms with E-state index >= 15 is 0 Å². The lowest BCUT2D eigenvalue weighted by Crippen LogP contribution is -2.52. The first-order valence-electron chi connectivity index (χ1n) is 7.13. The van der Waals surface area contributed by atoms with Crippen LogP contribution >= 0.6 is 33.9 Å². The van der Waals surface area contributed by atoms with Crippen LogP contribution in [0.5, 0.6) is 0 Å². The molecule has 114 valence electrons. The van der Waals surface area contributed by atoms with Gasteiger partial charge in [-0.3, -0.25) is 4.99 Å². The van der Waals surface area contributed by atoms with Gasteiger partial charge in [0, 0.05) is 10.1 Å². The molecule has 1 aliphatic carbocycles. The molecule has 3 unspecified atom stereocenters. The fourth-order valence-electron chi connectivity index (χ4n) is 3.04. The molecule has 0 amide bonds. The largest absolute Gasteiger partial charge is 0.467 e. The molecule has 0 spiro atoms. The molecular formula is C15H18INO3S. The predicted molar refractivity (Wildman–Crippen MR) is 90.4 cm³/mol. The zero-order valence-corrected chi connectivity index (χ0v) is 15.0. The zero-order valence-electron chi connectivity index (χ0n) is 12.1. The summed E-state index contributed by atoms with van der Waals surface area (Å²) >= 11 is 3.92. The van der Waals surface area contributed by atoms with Crippen molar-refractivity contribution >= 4 is 46.0 Å². The number of alkyl halides is 1. The number of methoxy groups -OCH3 is 1. The Morgan fingerprint density at radius 3 is 3.00 bits per heavy atom. The smallest absolute Gasteiger partial charge is 0.336 e. The average Bonchev–Trinajstić information content (AvgIpc) is 2.83. The quantitative estimate of drug-likeness (QED) is 0.445. The minimum Gasteiger partial charge on any atom is -0.467 e. The number of nitrogens with zero attached hydrogens (tertiary/aromatic N) is 1. The van der Waals surface area contributed by atoms with Crippen LogP contribution in [0.3, 0.4) is 0 Å². The Kier molecular flexibility index (Phi) is 4.13. The van der Waals surface area contributed by atoms with E-state index in [2.05, 4.69) is 22.6 Å². The first kappa shape index (κ1) is 15.4. The molecule has 1 aromatic rings. The number of aryl methyl sites for hydroxylation is 1. The highest BCUT2D eigenvalue weighted by atomic mass is 127. The molecule has 0 fully saturated rings. The summed E-state index contributed by atoms with van der Waals surface area (Å²) in [5.74, 6) is -0.602. The summed E-state index contributed by atoms with van der Waals surface area (Å²) in [5, 5.41) is 11.5. The third kappa shape index (κ3) is 2.45. The van der Waals surface area contributed by atoms with Crippen LogP contribution in [0.15, 0.2) is 4.99 Å². The van der Waals surface area contributed by atoms with E-state index in [1.54, 1.807) is 11.3 Å². The summed E-state index contributed by atoms with van der Waals surface area (Å²) < 4.78 is 5.02. The molecule has 2 heterocycles. The first-order chi connectivity index (χ1) is 9.97. The van der Waals surface area contributed by atoms with Crippen LogP contribution in [0.4, 0.5) is 0 Å². The Morgan fingerprint density at radius 1 is 1.57 bits per heavy atom. The second kappa shape index (κ2) is 5.62. The summed E-state index contributed by atoms with van der Waals surface area (Å²) in [6, 6.07) is -0.167. The molecule has 1 N–H and O–H groups in total. The van der Waals surface area contributed by atoms with Crippen LogP contribution in [0.25, 0.3) is 6.08 Å². The molecule has 2 aliphatic rings. The van der Waals surface area contributed by atoms with Gasteiger partial charge in [-0.25, -0.2) is 4.79 Å². The lowest BCUT2D eigenvalue weighted by Gasteiger charge is -2.33. The normalized spacial score (nSPS) is 28.7. The minimum absolute atomic E-state index is 0.167. The van der Waals surface area contributed by atoms with Gasteiger partial charge in [0.1, 0.15) is 4.67 Å². The van der Waals surface area contributed by atoms with Crippen LogP contribution < -0.4 is 9.89 Å². The number of carbonyl (C=O) groups is 1. The molecule has 21 heavy (non-hydrogen) atoms. The molecule has 4 nitrogen and oxygen atoms in total. The third-order valence-electron chi connectivity index (χ3n) is 4.35. The van der Waals surface area contributed by atoms with Crippen LogP contribution in [-0.4, -0.2) is 33.8 Å². The van der Waals surface area contributed by atoms with Crippen molar-refractivity contribution in [2.75, 3.05) is 7.11 Å². The monoisotopic (exact) mass is 419 g/mol. The molecule has 1 aromatic heterocycles. The standard InChI is InChI=1S/C15H18INO3S/c1-8-15(16,12(18)14(19)20-2)7-10-9-5-3-4-6-11(9)21-13(10)17-8/h7-8,12,18H,3-6H2,1-2H3. The van der Waals surface area contributed by atoms with Crippen molar-refractivity contribution in [3.8, 4) is 0 Å². The van der Waals surface area contributed by atoms with Gasteiger partial charge in [-0.05, 0) is 38.2 Å². The first-order valence-corrected chi connectivity index (χ1v) is 9.03. The molecule has 6 heteroatoms. The Hall–Kier alpha value is -0.470. The number of hydrogen-bond donors (Lipinski definition) is 1. The average molecular weight is 419 g/mol. The molecule has 3 rings (SSSR count). The van der Waals surface area contributed by atoms with Gasteiger partial charge in [0.15, 0.2) is 6.10 Å². The molecule has 0 saturated carbocycles. The number of aliphatic hydroxyl groups is 1. The zero-order chi connectivity index (χ0) is 15.2. The third-order valence-corrected chi connectivity index (χ3v) is 7.37. The second-order valence-electron chi connectivity index (χ2n) is 5.63. The molecular weight excluding hydrogens is 401 g/mol. The van der Waals surface area contributed by atoms with Gasteiger partial charge in [-0.2, -0.15) is 0 Å². The molecule has 0 bridgehead atoms. The highest BCUT2D eigenvalue weighted by molar-refractivity contribution is 14.1. The lowest BCUT2D eigenvalue weighted by molar-refractivity contribution is -0.151. The summed E-state index contributed by atoms with van der Waals surface area (Å²) in [5.41, 5.74) is 1.37. The summed E-state index contributed by atoms with van der Waals surface area (Å²) in [4.78, 5) is 17.9. The van der Waals surface area contributed by atoms with Crippen molar-refractivity contribution in [1.29, 1.82) is 0 Å². The van der Waals surface area contributed by atoms with Gasteiger partial charge in [-0.15, -0.1) is 11.3 Å². The van der Waals surface area contributed by atoms with Crippen molar-refractivity contribution in [1.82, 2.24) is 0 Å². The van der Waals surface area contributed by atoms with Crippen molar-refractivity contribution in [3.63, 3.8) is 0 Å². The highest BCUT2D eigenvalue weighted by Gasteiger charge is 2.45. The molecule has 0 saturated heterocycles. The van der Waals surface area contributed by atoms with Crippen molar-refractivity contribution in [2.45, 2.75) is 48.2 Å². The van der Waals surface area contributed by atoms with E-state index in [0.717, 1.165) is 22.7 Å². The number of carbonyl (C=O) groups excluding carboxylic acids is 1. The predicted octanol–water partition coefficient (Wildman–Crippen LogP) is 1.14. The minimum atomic E-state index is -1.20. The molecule has 1 aliphatic heterocycles. The highest BCUT2D eigenvalue weighted by Crippen LogP contribution is 2.34. The van der Waals surface area contributed by atoms with Crippen molar-refractivity contribution < 1.29 is 14.6 Å². The summed E-state index contributed by atoms with van der Waals surface area (Å²) in [6.07, 6.45) is 5.48. The maximum atomic E-state index is 11.8. The topological polar surface area (TPSA) is 58.9 Å². The number of thiophene rings is 1. The van der Waals surface area contributed by atoms with Gasteiger partial charge < -0.3 is 9.84 Å². The van der Waals surface area contributed by atoms with Gasteiger partial charge in [0.05, 0.1) is 16.6 Å². The fraction of sp³-hybridized carbons (Fsp3) is 0.600. The molecule has 0 aromatic carbocycles. The van der Waals surface area contributed by atoms with E-state index in [-0.39, 0.29) is 6.04 Å². The fourth-order valence-corrected chi connectivity index (χ4v) is 5.06.